The third kappa shape index (κ3) is 9.98. The van der Waals surface area contributed by atoms with Gasteiger partial charge in [-0.3, -0.25) is 4.98 Å². The standard InChI is InChI=1S/C44H61N3O8/c1-8-10-25-51-42(50)47(7)39-28-37(46-55-43(4,5)6)35-26-31(17-11-13-22-48)34(19-12-14-23-49)40-36-27-33(52-29-32-18-15-16-30(3)45-32)20-21-38(36)54-44(39,41(35)40)53-24-9-2/h8-9,15-16,18,20-21,26-27,31,34,39-41,48-49H,1-2,10-14,17,19,22-25,28-29H2,3-7H3/t31-,34+,39-,40+,41+,44+/m0/s1. The average Bonchev–Trinajstić information content (AvgIpc) is 3.16. The zero-order valence-electron chi connectivity index (χ0n) is 33.4. The lowest BCUT2D eigenvalue weighted by atomic mass is 9.55. The van der Waals surface area contributed by atoms with Crippen molar-refractivity contribution >= 4 is 11.8 Å². The first-order chi connectivity index (χ1) is 26.5. The first kappa shape index (κ1) is 42.0. The van der Waals surface area contributed by atoms with Gasteiger partial charge in [-0.05, 0) is 108 Å². The number of aromatic nitrogens is 1. The molecule has 5 rings (SSSR count). The number of fused-ring (bicyclic) bond motifs is 2. The molecular weight excluding hydrogens is 698 g/mol. The first-order valence-corrected chi connectivity index (χ1v) is 19.8. The van der Waals surface area contributed by atoms with Gasteiger partial charge in [-0.2, -0.15) is 0 Å². The molecule has 11 nitrogen and oxygen atoms in total. The Labute approximate surface area is 327 Å². The zero-order valence-corrected chi connectivity index (χ0v) is 33.4. The minimum Gasteiger partial charge on any atom is -0.487 e. The lowest BCUT2D eigenvalue weighted by Gasteiger charge is -2.59. The normalized spacial score (nSPS) is 24.8. The number of likely N-dealkylation sites (N-methyl/N-ethyl adjacent to an activating group) is 1. The number of amides is 1. The van der Waals surface area contributed by atoms with Gasteiger partial charge < -0.3 is 38.9 Å². The van der Waals surface area contributed by atoms with Crippen molar-refractivity contribution < 1.29 is 38.8 Å². The zero-order chi connectivity index (χ0) is 39.6. The average molecular weight is 760 g/mol. The number of aliphatic hydroxyl groups excluding tert-OH is 2. The number of pyridine rings is 1. The van der Waals surface area contributed by atoms with E-state index in [0.717, 1.165) is 53.9 Å². The highest BCUT2D eigenvalue weighted by Crippen LogP contribution is 2.61. The predicted octanol–water partition coefficient (Wildman–Crippen LogP) is 8.05. The molecule has 0 spiro atoms. The molecule has 1 aliphatic heterocycles. The van der Waals surface area contributed by atoms with E-state index in [4.69, 9.17) is 28.9 Å². The van der Waals surface area contributed by atoms with E-state index in [9.17, 15) is 15.0 Å². The molecule has 1 saturated carbocycles. The van der Waals surface area contributed by atoms with Crippen LogP contribution in [0.25, 0.3) is 0 Å². The summed E-state index contributed by atoms with van der Waals surface area (Å²) in [5.74, 6) is -0.402. The molecule has 2 heterocycles. The fraction of sp³-hybridized carbons (Fsp3) is 0.568. The van der Waals surface area contributed by atoms with Crippen molar-refractivity contribution in [3.05, 3.63) is 90.3 Å². The summed E-state index contributed by atoms with van der Waals surface area (Å²) in [6, 6.07) is 11.2. The number of benzene rings is 1. The number of aliphatic hydroxyl groups is 2. The number of oxime groups is 1. The Morgan fingerprint density at radius 2 is 1.85 bits per heavy atom. The Kier molecular flexibility index (Phi) is 14.6. The van der Waals surface area contributed by atoms with Crippen LogP contribution >= 0.6 is 0 Å². The third-order valence-electron chi connectivity index (χ3n) is 10.7. The summed E-state index contributed by atoms with van der Waals surface area (Å²) in [6.07, 6.45) is 10.8. The first-order valence-electron chi connectivity index (χ1n) is 19.8. The monoisotopic (exact) mass is 759 g/mol. The Morgan fingerprint density at radius 1 is 1.09 bits per heavy atom. The maximum absolute atomic E-state index is 13.8. The number of unbranched alkanes of at least 4 members (excludes halogenated alkanes) is 2. The minimum absolute atomic E-state index is 0.0930. The van der Waals surface area contributed by atoms with Gasteiger partial charge in [0.1, 0.15) is 29.7 Å². The number of carbonyl (C=O) groups is 1. The third-order valence-corrected chi connectivity index (χ3v) is 10.7. The van der Waals surface area contributed by atoms with Crippen LogP contribution < -0.4 is 9.47 Å². The van der Waals surface area contributed by atoms with Crippen molar-refractivity contribution in [3.63, 3.8) is 0 Å². The number of hydrogen-bond acceptors (Lipinski definition) is 10. The minimum atomic E-state index is -1.36. The summed E-state index contributed by atoms with van der Waals surface area (Å²) in [5.41, 5.74) is 3.86. The van der Waals surface area contributed by atoms with Gasteiger partial charge in [0.25, 0.3) is 0 Å². The fourth-order valence-electron chi connectivity index (χ4n) is 8.31. The molecule has 1 aromatic heterocycles. The fourth-order valence-corrected chi connectivity index (χ4v) is 8.31. The molecule has 2 N–H and O–H groups in total. The lowest BCUT2D eigenvalue weighted by molar-refractivity contribution is -0.253. The quantitative estimate of drug-likeness (QED) is 0.0830. The van der Waals surface area contributed by atoms with Crippen LogP contribution in [-0.4, -0.2) is 82.8 Å². The molecule has 1 aromatic carbocycles. The molecule has 2 aromatic rings. The van der Waals surface area contributed by atoms with Crippen LogP contribution in [0.2, 0.25) is 0 Å². The number of rotatable bonds is 19. The lowest BCUT2D eigenvalue weighted by Crippen LogP contribution is -2.69. The van der Waals surface area contributed by atoms with Crippen LogP contribution in [0.4, 0.5) is 4.79 Å². The molecule has 300 valence electrons. The molecule has 11 heteroatoms. The molecule has 0 unspecified atom stereocenters. The summed E-state index contributed by atoms with van der Waals surface area (Å²) in [5, 5.41) is 24.5. The van der Waals surface area contributed by atoms with Crippen molar-refractivity contribution in [3.8, 4) is 11.5 Å². The smallest absolute Gasteiger partial charge is 0.409 e. The van der Waals surface area contributed by atoms with Crippen molar-refractivity contribution in [1.29, 1.82) is 0 Å². The van der Waals surface area contributed by atoms with Crippen LogP contribution in [0.5, 0.6) is 11.5 Å². The topological polar surface area (TPSA) is 132 Å². The molecule has 6 atom stereocenters. The molecule has 3 aliphatic rings. The summed E-state index contributed by atoms with van der Waals surface area (Å²) < 4.78 is 26.2. The van der Waals surface area contributed by atoms with E-state index in [1.54, 1.807) is 24.1 Å². The Bertz CT molecular complexity index is 1680. The maximum Gasteiger partial charge on any atom is 0.409 e. The Balaban J connectivity index is 1.72. The van der Waals surface area contributed by atoms with E-state index in [2.05, 4.69) is 30.3 Å². The van der Waals surface area contributed by atoms with E-state index in [-0.39, 0.29) is 50.6 Å². The van der Waals surface area contributed by atoms with E-state index >= 15 is 0 Å². The van der Waals surface area contributed by atoms with Gasteiger partial charge in [0.2, 0.25) is 5.79 Å². The molecule has 2 aliphatic carbocycles. The van der Waals surface area contributed by atoms with Crippen molar-refractivity contribution in [1.82, 2.24) is 9.88 Å². The maximum atomic E-state index is 13.8. The number of aryl methyl sites for hydroxylation is 1. The van der Waals surface area contributed by atoms with E-state index in [1.807, 2.05) is 58.0 Å². The predicted molar refractivity (Wildman–Crippen MR) is 213 cm³/mol. The number of carbonyl (C=O) groups excluding carboxylic acids is 1. The van der Waals surface area contributed by atoms with Gasteiger partial charge in [-0.25, -0.2) is 4.79 Å². The van der Waals surface area contributed by atoms with Crippen molar-refractivity contribution in [2.75, 3.05) is 33.5 Å². The molecule has 55 heavy (non-hydrogen) atoms. The molecule has 0 saturated heterocycles. The Hall–Kier alpha value is -4.19. The van der Waals surface area contributed by atoms with Crippen LogP contribution in [0.3, 0.4) is 0 Å². The molecule has 0 bridgehead atoms. The van der Waals surface area contributed by atoms with Crippen LogP contribution in [-0.2, 0) is 20.9 Å². The van der Waals surface area contributed by atoms with E-state index < -0.39 is 29.4 Å². The van der Waals surface area contributed by atoms with E-state index in [0.29, 0.717) is 37.4 Å². The largest absolute Gasteiger partial charge is 0.487 e. The molecule has 1 fully saturated rings. The number of hydrogen-bond donors (Lipinski definition) is 2. The van der Waals surface area contributed by atoms with Gasteiger partial charge in [0.05, 0.1) is 30.5 Å². The van der Waals surface area contributed by atoms with Gasteiger partial charge in [0, 0.05) is 43.9 Å². The van der Waals surface area contributed by atoms with Crippen LogP contribution in [0.1, 0.15) is 95.0 Å². The highest BCUT2D eigenvalue weighted by molar-refractivity contribution is 6.03. The van der Waals surface area contributed by atoms with E-state index in [1.165, 1.54) is 0 Å². The molecular formula is C44H61N3O8. The number of nitrogens with zero attached hydrogens (tertiary/aromatic N) is 3. The van der Waals surface area contributed by atoms with Gasteiger partial charge in [0.15, 0.2) is 0 Å². The van der Waals surface area contributed by atoms with Gasteiger partial charge >= 0.3 is 6.09 Å². The molecule has 1 amide bonds. The summed E-state index contributed by atoms with van der Waals surface area (Å²) in [7, 11) is 1.72. The highest BCUT2D eigenvalue weighted by atomic mass is 16.7. The van der Waals surface area contributed by atoms with Crippen LogP contribution in [0, 0.1) is 24.7 Å². The summed E-state index contributed by atoms with van der Waals surface area (Å²) in [6.45, 7) is 16.5. The SMILES string of the molecule is C=CCCOC(=O)N(C)[C@H]1CC(=NOC(C)(C)C)C2=C[C@H](CCCCO)[C@@H](CCCCO)[C@@H]3c4cc(OCc5cccc(C)n5)ccc4O[C@@]1(OCC=C)[C@H]23. The van der Waals surface area contributed by atoms with Gasteiger partial charge in [-0.15, -0.1) is 13.2 Å². The second-order valence-corrected chi connectivity index (χ2v) is 15.8. The second-order valence-electron chi connectivity index (χ2n) is 15.8. The van der Waals surface area contributed by atoms with Crippen molar-refractivity contribution in [2.45, 2.75) is 109 Å². The highest BCUT2D eigenvalue weighted by Gasteiger charge is 2.65. The summed E-state index contributed by atoms with van der Waals surface area (Å²) in [4.78, 5) is 26.2. The summed E-state index contributed by atoms with van der Waals surface area (Å²) >= 11 is 0. The Morgan fingerprint density at radius 3 is 2.55 bits per heavy atom. The van der Waals surface area contributed by atoms with Gasteiger partial charge in [-0.1, -0.05) is 42.3 Å². The number of allylic oxidation sites excluding steroid dienone is 1. The van der Waals surface area contributed by atoms with Crippen LogP contribution in [0.15, 0.2) is 78.5 Å². The number of ether oxygens (including phenoxy) is 4. The van der Waals surface area contributed by atoms with Crippen molar-refractivity contribution in [2.24, 2.45) is 22.9 Å². The molecule has 0 radical (unpaired) electrons. The second kappa shape index (κ2) is 19.1.